The number of pyridine rings is 1. The van der Waals surface area contributed by atoms with Gasteiger partial charge in [0.15, 0.2) is 0 Å². The van der Waals surface area contributed by atoms with Crippen molar-refractivity contribution in [2.45, 2.75) is 32.0 Å². The van der Waals surface area contributed by atoms with Crippen LogP contribution < -0.4 is 4.74 Å². The zero-order valence-electron chi connectivity index (χ0n) is 12.2. The lowest BCUT2D eigenvalue weighted by Gasteiger charge is -2.46. The second-order valence-corrected chi connectivity index (χ2v) is 5.93. The van der Waals surface area contributed by atoms with E-state index in [1.807, 2.05) is 0 Å². The SMILES string of the molecule is COc1ncccc1C1(O)CN(C(=O)OC(C)(C)C)C1. The number of amides is 1. The van der Waals surface area contributed by atoms with E-state index in [0.29, 0.717) is 11.4 Å². The molecule has 0 atom stereocenters. The van der Waals surface area contributed by atoms with Gasteiger partial charge in [0.2, 0.25) is 5.88 Å². The largest absolute Gasteiger partial charge is 0.481 e. The van der Waals surface area contributed by atoms with E-state index in [0.717, 1.165) is 0 Å². The number of aliphatic hydroxyl groups is 1. The van der Waals surface area contributed by atoms with E-state index in [4.69, 9.17) is 9.47 Å². The molecule has 2 heterocycles. The van der Waals surface area contributed by atoms with Crippen molar-refractivity contribution in [1.29, 1.82) is 0 Å². The van der Waals surface area contributed by atoms with Crippen LogP contribution in [0.25, 0.3) is 0 Å². The van der Waals surface area contributed by atoms with E-state index < -0.39 is 17.3 Å². The Morgan fingerprint density at radius 1 is 1.45 bits per heavy atom. The van der Waals surface area contributed by atoms with Crippen molar-refractivity contribution >= 4 is 6.09 Å². The van der Waals surface area contributed by atoms with Crippen molar-refractivity contribution in [3.8, 4) is 5.88 Å². The monoisotopic (exact) mass is 280 g/mol. The van der Waals surface area contributed by atoms with Crippen molar-refractivity contribution in [3.63, 3.8) is 0 Å². The first-order valence-corrected chi connectivity index (χ1v) is 6.45. The summed E-state index contributed by atoms with van der Waals surface area (Å²) in [6, 6.07) is 3.48. The second kappa shape index (κ2) is 4.94. The number of aromatic nitrogens is 1. The van der Waals surface area contributed by atoms with Gasteiger partial charge in [0.1, 0.15) is 11.2 Å². The van der Waals surface area contributed by atoms with Crippen LogP contribution in [0.5, 0.6) is 5.88 Å². The Balaban J connectivity index is 2.06. The highest BCUT2D eigenvalue weighted by Gasteiger charge is 2.48. The topological polar surface area (TPSA) is 71.9 Å². The van der Waals surface area contributed by atoms with Gasteiger partial charge >= 0.3 is 6.09 Å². The summed E-state index contributed by atoms with van der Waals surface area (Å²) in [7, 11) is 1.50. The molecule has 1 aromatic heterocycles. The maximum absolute atomic E-state index is 11.9. The lowest BCUT2D eigenvalue weighted by atomic mass is 9.87. The van der Waals surface area contributed by atoms with E-state index in [-0.39, 0.29) is 13.1 Å². The summed E-state index contributed by atoms with van der Waals surface area (Å²) >= 11 is 0. The highest BCUT2D eigenvalue weighted by atomic mass is 16.6. The Bertz CT molecular complexity index is 504. The van der Waals surface area contributed by atoms with Gasteiger partial charge in [-0.25, -0.2) is 9.78 Å². The number of carbonyl (C=O) groups is 1. The van der Waals surface area contributed by atoms with Gasteiger partial charge in [-0.2, -0.15) is 0 Å². The van der Waals surface area contributed by atoms with Crippen molar-refractivity contribution in [3.05, 3.63) is 23.9 Å². The number of methoxy groups -OCH3 is 1. The Morgan fingerprint density at radius 3 is 2.65 bits per heavy atom. The van der Waals surface area contributed by atoms with Crippen LogP contribution >= 0.6 is 0 Å². The van der Waals surface area contributed by atoms with Crippen LogP contribution in [0.2, 0.25) is 0 Å². The first kappa shape index (κ1) is 14.6. The first-order chi connectivity index (χ1) is 9.25. The van der Waals surface area contributed by atoms with Crippen LogP contribution in [0.1, 0.15) is 26.3 Å². The number of rotatable bonds is 2. The Labute approximate surface area is 118 Å². The minimum atomic E-state index is -1.13. The number of nitrogens with zero attached hydrogens (tertiary/aromatic N) is 2. The van der Waals surface area contributed by atoms with E-state index in [1.54, 1.807) is 39.1 Å². The standard InChI is InChI=1S/C14H20N2O4/c1-13(2,3)20-12(17)16-8-14(18,9-16)10-6-5-7-15-11(10)19-4/h5-7,18H,8-9H2,1-4H3. The van der Waals surface area contributed by atoms with Gasteiger partial charge in [-0.15, -0.1) is 0 Å². The minimum absolute atomic E-state index is 0.171. The molecule has 0 bridgehead atoms. The third-order valence-corrected chi connectivity index (χ3v) is 3.02. The van der Waals surface area contributed by atoms with Gasteiger partial charge in [0.25, 0.3) is 0 Å². The second-order valence-electron chi connectivity index (χ2n) is 5.93. The fourth-order valence-corrected chi connectivity index (χ4v) is 2.12. The van der Waals surface area contributed by atoms with Crippen LogP contribution in [0.4, 0.5) is 4.79 Å². The molecule has 0 aliphatic carbocycles. The number of carbonyl (C=O) groups excluding carboxylic acids is 1. The zero-order chi connectivity index (χ0) is 15.0. The molecule has 6 nitrogen and oxygen atoms in total. The van der Waals surface area contributed by atoms with Gasteiger partial charge < -0.3 is 19.5 Å². The smallest absolute Gasteiger partial charge is 0.410 e. The lowest BCUT2D eigenvalue weighted by Crippen LogP contribution is -2.62. The van der Waals surface area contributed by atoms with E-state index in [1.165, 1.54) is 12.0 Å². The van der Waals surface area contributed by atoms with Gasteiger partial charge in [-0.3, -0.25) is 0 Å². The number of likely N-dealkylation sites (tertiary alicyclic amines) is 1. The first-order valence-electron chi connectivity index (χ1n) is 6.45. The summed E-state index contributed by atoms with van der Waals surface area (Å²) in [5.41, 5.74) is -1.09. The van der Waals surface area contributed by atoms with E-state index >= 15 is 0 Å². The predicted molar refractivity (Wildman–Crippen MR) is 72.5 cm³/mol. The summed E-state index contributed by atoms with van der Waals surface area (Å²) in [5, 5.41) is 10.5. The quantitative estimate of drug-likeness (QED) is 0.889. The third-order valence-electron chi connectivity index (χ3n) is 3.02. The molecule has 0 aromatic carbocycles. The number of β-amino-alcohol motifs (C(OH)–C–C–N with tert-alkyl or cyclic N) is 1. The molecule has 2 rings (SSSR count). The van der Waals surface area contributed by atoms with Gasteiger partial charge in [-0.1, -0.05) is 0 Å². The van der Waals surface area contributed by atoms with Crippen LogP contribution in [-0.2, 0) is 10.3 Å². The summed E-state index contributed by atoms with van der Waals surface area (Å²) in [4.78, 5) is 17.4. The Hall–Kier alpha value is -1.82. The van der Waals surface area contributed by atoms with E-state index in [9.17, 15) is 9.90 Å². The molecule has 0 saturated carbocycles. The normalized spacial score (nSPS) is 17.4. The molecule has 0 spiro atoms. The maximum atomic E-state index is 11.9. The third kappa shape index (κ3) is 2.85. The molecule has 1 aliphatic heterocycles. The molecule has 1 aromatic rings. The number of hydrogen-bond acceptors (Lipinski definition) is 5. The van der Waals surface area contributed by atoms with Crippen LogP contribution in [0, 0.1) is 0 Å². The molecule has 1 N–H and O–H groups in total. The summed E-state index contributed by atoms with van der Waals surface area (Å²) in [5.74, 6) is 0.374. The lowest BCUT2D eigenvalue weighted by molar-refractivity contribution is -0.104. The molecule has 1 fully saturated rings. The molecule has 0 unspecified atom stereocenters. The molecule has 1 saturated heterocycles. The minimum Gasteiger partial charge on any atom is -0.481 e. The molecule has 1 amide bonds. The molecule has 1 aliphatic rings. The van der Waals surface area contributed by atoms with Crippen LogP contribution in [0.15, 0.2) is 18.3 Å². The zero-order valence-corrected chi connectivity index (χ0v) is 12.2. The van der Waals surface area contributed by atoms with Crippen molar-refractivity contribution in [2.75, 3.05) is 20.2 Å². The van der Waals surface area contributed by atoms with Gasteiger partial charge in [-0.05, 0) is 32.9 Å². The van der Waals surface area contributed by atoms with Crippen molar-refractivity contribution in [1.82, 2.24) is 9.88 Å². The highest BCUT2D eigenvalue weighted by Crippen LogP contribution is 2.36. The fraction of sp³-hybridized carbons (Fsp3) is 0.571. The van der Waals surface area contributed by atoms with Crippen molar-refractivity contribution in [2.24, 2.45) is 0 Å². The molecular formula is C14H20N2O4. The van der Waals surface area contributed by atoms with Gasteiger partial charge in [0, 0.05) is 11.8 Å². The van der Waals surface area contributed by atoms with Gasteiger partial charge in [0.05, 0.1) is 20.2 Å². The molecule has 6 heteroatoms. The maximum Gasteiger partial charge on any atom is 0.410 e. The fourth-order valence-electron chi connectivity index (χ4n) is 2.12. The summed E-state index contributed by atoms with van der Waals surface area (Å²) in [6.07, 6.45) is 1.17. The Kier molecular flexibility index (Phi) is 3.60. The molecule has 20 heavy (non-hydrogen) atoms. The highest BCUT2D eigenvalue weighted by molar-refractivity contribution is 5.70. The number of hydrogen-bond donors (Lipinski definition) is 1. The van der Waals surface area contributed by atoms with Crippen molar-refractivity contribution < 1.29 is 19.4 Å². The van der Waals surface area contributed by atoms with Crippen LogP contribution in [-0.4, -0.2) is 46.9 Å². The summed E-state index contributed by atoms with van der Waals surface area (Å²) < 4.78 is 10.4. The molecular weight excluding hydrogens is 260 g/mol. The Morgan fingerprint density at radius 2 is 2.10 bits per heavy atom. The predicted octanol–water partition coefficient (Wildman–Crippen LogP) is 1.53. The number of ether oxygens (including phenoxy) is 2. The molecule has 110 valence electrons. The average Bonchev–Trinajstić information content (AvgIpc) is 2.32. The molecule has 0 radical (unpaired) electrons. The van der Waals surface area contributed by atoms with E-state index in [2.05, 4.69) is 4.98 Å². The average molecular weight is 280 g/mol. The van der Waals surface area contributed by atoms with Crippen LogP contribution in [0.3, 0.4) is 0 Å². The summed E-state index contributed by atoms with van der Waals surface area (Å²) in [6.45, 7) is 5.76.